The number of non-ortho nitro benzene ring substituents is 1. The van der Waals surface area contributed by atoms with E-state index in [4.69, 9.17) is 4.74 Å². The maximum atomic E-state index is 12.9. The maximum Gasteiger partial charge on any atom is 0.326 e. The number of nitrogens with zero attached hydrogens (tertiary/aromatic N) is 2. The van der Waals surface area contributed by atoms with Gasteiger partial charge in [-0.05, 0) is 24.6 Å². The summed E-state index contributed by atoms with van der Waals surface area (Å²) >= 11 is 0. The second-order valence-corrected chi connectivity index (χ2v) is 7.76. The molecule has 1 fully saturated rings. The van der Waals surface area contributed by atoms with E-state index < -0.39 is 33.0 Å². The molecule has 136 valence electrons. The number of sulfonamides is 1. The molecule has 8 nitrogen and oxygen atoms in total. The Morgan fingerprint density at radius 1 is 1.19 bits per heavy atom. The zero-order valence-corrected chi connectivity index (χ0v) is 14.8. The highest BCUT2D eigenvalue weighted by atomic mass is 32.2. The monoisotopic (exact) mass is 376 g/mol. The van der Waals surface area contributed by atoms with Crippen LogP contribution in [0.25, 0.3) is 0 Å². The van der Waals surface area contributed by atoms with Gasteiger partial charge in [0.25, 0.3) is 5.69 Å². The number of carbonyl (C=O) groups is 1. The fourth-order valence-electron chi connectivity index (χ4n) is 2.85. The van der Waals surface area contributed by atoms with Crippen molar-refractivity contribution in [3.63, 3.8) is 0 Å². The van der Waals surface area contributed by atoms with Gasteiger partial charge in [-0.15, -0.1) is 0 Å². The van der Waals surface area contributed by atoms with Crippen molar-refractivity contribution in [1.29, 1.82) is 0 Å². The number of carbonyl (C=O) groups excluding carboxylic acids is 1. The molecule has 0 saturated carbocycles. The summed E-state index contributed by atoms with van der Waals surface area (Å²) < 4.78 is 31.6. The van der Waals surface area contributed by atoms with Gasteiger partial charge in [-0.3, -0.25) is 14.9 Å². The minimum absolute atomic E-state index is 0.0462. The number of aryl methyl sites for hydroxylation is 1. The molecule has 1 aliphatic heterocycles. The quantitative estimate of drug-likeness (QED) is 0.343. The minimum Gasteiger partial charge on any atom is -0.468 e. The second kappa shape index (κ2) is 6.50. The third kappa shape index (κ3) is 3.06. The molecule has 2 aromatic rings. The van der Waals surface area contributed by atoms with Crippen LogP contribution in [-0.4, -0.2) is 36.8 Å². The van der Waals surface area contributed by atoms with Gasteiger partial charge < -0.3 is 4.74 Å². The van der Waals surface area contributed by atoms with Crippen molar-refractivity contribution < 1.29 is 22.9 Å². The summed E-state index contributed by atoms with van der Waals surface area (Å²) in [5, 5.41) is 11.0. The summed E-state index contributed by atoms with van der Waals surface area (Å²) in [6, 6.07) is 9.93. The first-order valence-corrected chi connectivity index (χ1v) is 9.14. The molecule has 0 N–H and O–H groups in total. The number of nitro groups is 1. The summed E-state index contributed by atoms with van der Waals surface area (Å²) in [6.07, 6.45) is 0. The van der Waals surface area contributed by atoms with E-state index >= 15 is 0 Å². The van der Waals surface area contributed by atoms with Crippen LogP contribution in [-0.2, 0) is 19.6 Å². The zero-order chi connectivity index (χ0) is 19.1. The van der Waals surface area contributed by atoms with Gasteiger partial charge in [0, 0.05) is 12.1 Å². The van der Waals surface area contributed by atoms with Crippen LogP contribution in [0.15, 0.2) is 53.4 Å². The van der Waals surface area contributed by atoms with Crippen molar-refractivity contribution >= 4 is 21.7 Å². The van der Waals surface area contributed by atoms with E-state index in [1.165, 1.54) is 37.4 Å². The lowest BCUT2D eigenvalue weighted by atomic mass is 10.1. The summed E-state index contributed by atoms with van der Waals surface area (Å²) in [5.74, 6) is -0.711. The Bertz CT molecular complexity index is 971. The highest BCUT2D eigenvalue weighted by Gasteiger charge is 2.61. The van der Waals surface area contributed by atoms with E-state index in [-0.39, 0.29) is 10.6 Å². The molecule has 3 rings (SSSR count). The smallest absolute Gasteiger partial charge is 0.326 e. The normalized spacial score (nSPS) is 21.8. The number of rotatable bonds is 5. The summed E-state index contributed by atoms with van der Waals surface area (Å²) in [6.45, 7) is 1.83. The summed E-state index contributed by atoms with van der Waals surface area (Å²) in [4.78, 5) is 22.5. The number of esters is 1. The fourth-order valence-corrected chi connectivity index (χ4v) is 4.55. The fraction of sp³-hybridized carbons (Fsp3) is 0.235. The van der Waals surface area contributed by atoms with Crippen molar-refractivity contribution in [2.45, 2.75) is 23.9 Å². The number of benzene rings is 2. The number of hydrogen-bond donors (Lipinski definition) is 0. The van der Waals surface area contributed by atoms with Gasteiger partial charge in [0.1, 0.15) is 6.04 Å². The number of ether oxygens (including phenoxy) is 1. The van der Waals surface area contributed by atoms with Gasteiger partial charge in [-0.1, -0.05) is 29.8 Å². The summed E-state index contributed by atoms with van der Waals surface area (Å²) in [7, 11) is -2.79. The van der Waals surface area contributed by atoms with Crippen LogP contribution in [0.4, 0.5) is 5.69 Å². The van der Waals surface area contributed by atoms with Crippen LogP contribution in [0.5, 0.6) is 0 Å². The molecule has 9 heteroatoms. The molecule has 0 aliphatic carbocycles. The first kappa shape index (κ1) is 18.0. The predicted octanol–water partition coefficient (Wildman–Crippen LogP) is 2.19. The third-order valence-electron chi connectivity index (χ3n) is 4.22. The van der Waals surface area contributed by atoms with Crippen molar-refractivity contribution in [1.82, 2.24) is 4.31 Å². The molecule has 0 radical (unpaired) electrons. The Morgan fingerprint density at radius 3 is 2.42 bits per heavy atom. The molecule has 0 aromatic heterocycles. The SMILES string of the molecule is COC(=O)[C@H]1[C@@H](c2cccc([N+](=O)[O-])c2)N1S(=O)(=O)c1ccc(C)cc1. The van der Waals surface area contributed by atoms with E-state index in [0.29, 0.717) is 5.56 Å². The van der Waals surface area contributed by atoms with Crippen LogP contribution in [0.3, 0.4) is 0 Å². The van der Waals surface area contributed by atoms with Gasteiger partial charge in [-0.2, -0.15) is 4.31 Å². The Labute approximate surface area is 150 Å². The average Bonchev–Trinajstić information content (AvgIpc) is 3.38. The highest BCUT2D eigenvalue weighted by molar-refractivity contribution is 7.89. The molecule has 1 heterocycles. The number of nitro benzene ring substituents is 1. The lowest BCUT2D eigenvalue weighted by molar-refractivity contribution is -0.384. The average molecular weight is 376 g/mol. The largest absolute Gasteiger partial charge is 0.468 e. The molecule has 1 unspecified atom stereocenters. The molecule has 3 atom stereocenters. The van der Waals surface area contributed by atoms with Crippen molar-refractivity contribution in [2.75, 3.05) is 7.11 Å². The van der Waals surface area contributed by atoms with E-state index in [2.05, 4.69) is 0 Å². The topological polar surface area (TPSA) is 107 Å². The maximum absolute atomic E-state index is 12.9. The number of methoxy groups -OCH3 is 1. The van der Waals surface area contributed by atoms with Crippen molar-refractivity contribution in [3.8, 4) is 0 Å². The molecule has 1 aliphatic rings. The van der Waals surface area contributed by atoms with Gasteiger partial charge in [0.15, 0.2) is 0 Å². The third-order valence-corrected chi connectivity index (χ3v) is 6.10. The van der Waals surface area contributed by atoms with Crippen LogP contribution >= 0.6 is 0 Å². The molecular weight excluding hydrogens is 360 g/mol. The first-order valence-electron chi connectivity index (χ1n) is 7.70. The molecule has 1 saturated heterocycles. The van der Waals surface area contributed by atoms with Gasteiger partial charge >= 0.3 is 5.97 Å². The molecule has 26 heavy (non-hydrogen) atoms. The lowest BCUT2D eigenvalue weighted by Crippen LogP contribution is -2.20. The Morgan fingerprint density at radius 2 is 1.85 bits per heavy atom. The summed E-state index contributed by atoms with van der Waals surface area (Å²) in [5.41, 5.74) is 1.09. The Hall–Kier alpha value is -2.78. The highest BCUT2D eigenvalue weighted by Crippen LogP contribution is 2.48. The van der Waals surface area contributed by atoms with E-state index in [1.54, 1.807) is 18.2 Å². The van der Waals surface area contributed by atoms with Gasteiger partial charge in [0.2, 0.25) is 10.0 Å². The predicted molar refractivity (Wildman–Crippen MR) is 91.8 cm³/mol. The van der Waals surface area contributed by atoms with Gasteiger partial charge in [0.05, 0.1) is 23.0 Å². The van der Waals surface area contributed by atoms with E-state index in [9.17, 15) is 23.3 Å². The van der Waals surface area contributed by atoms with Crippen molar-refractivity contribution in [2.24, 2.45) is 0 Å². The Kier molecular flexibility index (Phi) is 4.51. The minimum atomic E-state index is -3.95. The zero-order valence-electron chi connectivity index (χ0n) is 14.0. The lowest BCUT2D eigenvalue weighted by Gasteiger charge is -2.07. The first-order chi connectivity index (χ1) is 12.3. The number of hydrogen-bond acceptors (Lipinski definition) is 6. The molecule has 0 bridgehead atoms. The van der Waals surface area contributed by atoms with Crippen LogP contribution < -0.4 is 0 Å². The van der Waals surface area contributed by atoms with Gasteiger partial charge in [-0.25, -0.2) is 8.42 Å². The molecular formula is C17H16N2O6S. The Balaban J connectivity index is 2.02. The van der Waals surface area contributed by atoms with E-state index in [1.807, 2.05) is 6.92 Å². The van der Waals surface area contributed by atoms with Crippen LogP contribution in [0.2, 0.25) is 0 Å². The van der Waals surface area contributed by atoms with Crippen LogP contribution in [0.1, 0.15) is 17.2 Å². The molecule has 2 aromatic carbocycles. The van der Waals surface area contributed by atoms with E-state index in [0.717, 1.165) is 9.87 Å². The van der Waals surface area contributed by atoms with Crippen molar-refractivity contribution in [3.05, 3.63) is 69.8 Å². The standard InChI is InChI=1S/C17H16N2O6S/c1-11-6-8-14(9-7-11)26(23,24)18-15(16(18)17(20)25-2)12-4-3-5-13(10-12)19(21)22/h3-10,15-16H,1-2H3/t15-,16-,18?/m1/s1. The molecule has 0 spiro atoms. The van der Waals surface area contributed by atoms with Crippen LogP contribution in [0, 0.1) is 17.0 Å². The second-order valence-electron chi connectivity index (χ2n) is 5.91. The molecule has 0 amide bonds.